The van der Waals surface area contributed by atoms with Crippen LogP contribution in [0, 0.1) is 0 Å². The highest BCUT2D eigenvalue weighted by atomic mass is 16.5. The first-order chi connectivity index (χ1) is 9.08. The van der Waals surface area contributed by atoms with Gasteiger partial charge in [-0.15, -0.1) is 0 Å². The molecule has 0 aromatic heterocycles. The van der Waals surface area contributed by atoms with E-state index in [-0.39, 0.29) is 6.10 Å². The molecule has 1 atom stereocenters. The van der Waals surface area contributed by atoms with Crippen LogP contribution in [0.2, 0.25) is 0 Å². The van der Waals surface area contributed by atoms with Crippen LogP contribution < -0.4 is 4.74 Å². The second-order valence-electron chi connectivity index (χ2n) is 4.96. The molecule has 0 aliphatic heterocycles. The fraction of sp³-hybridized carbons (Fsp3) is 0.294. The quantitative estimate of drug-likeness (QED) is 0.888. The van der Waals surface area contributed by atoms with Gasteiger partial charge in [-0.2, -0.15) is 0 Å². The maximum atomic E-state index is 9.91. The molecule has 0 unspecified atom stereocenters. The Morgan fingerprint density at radius 2 is 1.58 bits per heavy atom. The number of hydrogen-bond donors (Lipinski definition) is 1. The fourth-order valence-corrected chi connectivity index (χ4v) is 2.05. The molecule has 2 rings (SSSR count). The van der Waals surface area contributed by atoms with Crippen LogP contribution in [0.1, 0.15) is 32.4 Å². The Morgan fingerprint density at radius 1 is 0.895 bits per heavy atom. The van der Waals surface area contributed by atoms with Crippen molar-refractivity contribution in [2.24, 2.45) is 0 Å². The van der Waals surface area contributed by atoms with Gasteiger partial charge in [-0.1, -0.05) is 36.4 Å². The number of benzene rings is 2. The van der Waals surface area contributed by atoms with Crippen LogP contribution in [0.4, 0.5) is 0 Å². The van der Waals surface area contributed by atoms with E-state index in [0.717, 1.165) is 22.4 Å². The normalized spacial score (nSPS) is 12.5. The van der Waals surface area contributed by atoms with Crippen molar-refractivity contribution >= 4 is 0 Å². The maximum absolute atomic E-state index is 9.91. The second kappa shape index (κ2) is 5.89. The third-order valence-corrected chi connectivity index (χ3v) is 2.93. The third kappa shape index (κ3) is 3.36. The molecule has 0 aliphatic rings. The molecule has 2 aromatic rings. The molecule has 0 aliphatic carbocycles. The van der Waals surface area contributed by atoms with Crippen molar-refractivity contribution < 1.29 is 9.84 Å². The Hall–Kier alpha value is -1.80. The van der Waals surface area contributed by atoms with E-state index < -0.39 is 6.10 Å². The van der Waals surface area contributed by atoms with E-state index in [4.69, 9.17) is 4.74 Å². The Morgan fingerprint density at radius 3 is 2.16 bits per heavy atom. The molecule has 0 amide bonds. The smallest absolute Gasteiger partial charge is 0.125 e. The summed E-state index contributed by atoms with van der Waals surface area (Å²) in [5.41, 5.74) is 3.06. The standard InChI is InChI=1S/C17H20O2/c1-12(2)19-17-10-9-15(11-16(17)13(3)18)14-7-5-4-6-8-14/h4-13,18H,1-3H3/t13-/m0/s1. The van der Waals surface area contributed by atoms with E-state index in [1.807, 2.05) is 50.2 Å². The molecular weight excluding hydrogens is 236 g/mol. The molecule has 0 radical (unpaired) electrons. The van der Waals surface area contributed by atoms with Crippen LogP contribution in [0.3, 0.4) is 0 Å². The average Bonchev–Trinajstić information content (AvgIpc) is 2.39. The lowest BCUT2D eigenvalue weighted by atomic mass is 10.0. The van der Waals surface area contributed by atoms with E-state index in [0.29, 0.717) is 0 Å². The van der Waals surface area contributed by atoms with Crippen molar-refractivity contribution in [1.29, 1.82) is 0 Å². The van der Waals surface area contributed by atoms with Crippen molar-refractivity contribution in [3.05, 3.63) is 54.1 Å². The van der Waals surface area contributed by atoms with E-state index in [9.17, 15) is 5.11 Å². The van der Waals surface area contributed by atoms with Gasteiger partial charge in [0.15, 0.2) is 0 Å². The van der Waals surface area contributed by atoms with Gasteiger partial charge in [-0.05, 0) is 44.0 Å². The van der Waals surface area contributed by atoms with Gasteiger partial charge < -0.3 is 9.84 Å². The zero-order valence-electron chi connectivity index (χ0n) is 11.6. The summed E-state index contributed by atoms with van der Waals surface area (Å²) < 4.78 is 5.74. The first-order valence-corrected chi connectivity index (χ1v) is 6.62. The van der Waals surface area contributed by atoms with Crippen LogP contribution in [0.25, 0.3) is 11.1 Å². The van der Waals surface area contributed by atoms with Crippen molar-refractivity contribution in [3.63, 3.8) is 0 Å². The molecule has 2 heteroatoms. The van der Waals surface area contributed by atoms with Gasteiger partial charge in [0, 0.05) is 5.56 Å². The predicted octanol–water partition coefficient (Wildman–Crippen LogP) is 4.19. The van der Waals surface area contributed by atoms with Gasteiger partial charge in [0.1, 0.15) is 5.75 Å². The van der Waals surface area contributed by atoms with E-state index in [2.05, 4.69) is 12.1 Å². The lowest BCUT2D eigenvalue weighted by molar-refractivity contribution is 0.183. The summed E-state index contributed by atoms with van der Waals surface area (Å²) in [4.78, 5) is 0. The summed E-state index contributed by atoms with van der Waals surface area (Å²) in [6, 6.07) is 16.1. The van der Waals surface area contributed by atoms with E-state index in [1.165, 1.54) is 0 Å². The van der Waals surface area contributed by atoms with Gasteiger partial charge in [-0.25, -0.2) is 0 Å². The Balaban J connectivity index is 2.42. The van der Waals surface area contributed by atoms with Crippen molar-refractivity contribution in [1.82, 2.24) is 0 Å². The monoisotopic (exact) mass is 256 g/mol. The van der Waals surface area contributed by atoms with Crippen LogP contribution in [0.15, 0.2) is 48.5 Å². The highest BCUT2D eigenvalue weighted by molar-refractivity contribution is 5.65. The number of rotatable bonds is 4. The minimum atomic E-state index is -0.544. The molecule has 0 fully saturated rings. The number of aliphatic hydroxyl groups excluding tert-OH is 1. The zero-order chi connectivity index (χ0) is 13.8. The predicted molar refractivity (Wildman–Crippen MR) is 78.3 cm³/mol. The average molecular weight is 256 g/mol. The Kier molecular flexibility index (Phi) is 4.23. The number of hydrogen-bond acceptors (Lipinski definition) is 2. The summed E-state index contributed by atoms with van der Waals surface area (Å²) in [6.45, 7) is 5.73. The molecule has 0 saturated carbocycles. The first kappa shape index (κ1) is 13.6. The van der Waals surface area contributed by atoms with Gasteiger partial charge in [0.05, 0.1) is 12.2 Å². The molecule has 0 spiro atoms. The second-order valence-corrected chi connectivity index (χ2v) is 4.96. The molecule has 100 valence electrons. The first-order valence-electron chi connectivity index (χ1n) is 6.62. The van der Waals surface area contributed by atoms with Crippen LogP contribution >= 0.6 is 0 Å². The lowest BCUT2D eigenvalue weighted by Crippen LogP contribution is -2.08. The summed E-state index contributed by atoms with van der Waals surface area (Å²) in [5, 5.41) is 9.91. The summed E-state index contributed by atoms with van der Waals surface area (Å²) in [6.07, 6.45) is -0.447. The number of aliphatic hydroxyl groups is 1. The molecule has 0 saturated heterocycles. The fourth-order valence-electron chi connectivity index (χ4n) is 2.05. The van der Waals surface area contributed by atoms with Gasteiger partial charge in [-0.3, -0.25) is 0 Å². The van der Waals surface area contributed by atoms with Crippen molar-refractivity contribution in [2.45, 2.75) is 33.0 Å². The third-order valence-electron chi connectivity index (χ3n) is 2.93. The van der Waals surface area contributed by atoms with Gasteiger partial charge in [0.2, 0.25) is 0 Å². The summed E-state index contributed by atoms with van der Waals surface area (Å²) in [5.74, 6) is 0.754. The topological polar surface area (TPSA) is 29.5 Å². The Bertz CT molecular complexity index is 530. The lowest BCUT2D eigenvalue weighted by Gasteiger charge is -2.17. The van der Waals surface area contributed by atoms with E-state index >= 15 is 0 Å². The maximum Gasteiger partial charge on any atom is 0.125 e. The molecule has 0 bridgehead atoms. The minimum absolute atomic E-state index is 0.0973. The summed E-state index contributed by atoms with van der Waals surface area (Å²) in [7, 11) is 0. The molecular formula is C17H20O2. The number of ether oxygens (including phenoxy) is 1. The largest absolute Gasteiger partial charge is 0.491 e. The molecule has 1 N–H and O–H groups in total. The molecule has 0 heterocycles. The molecule has 2 aromatic carbocycles. The van der Waals surface area contributed by atoms with Gasteiger partial charge in [0.25, 0.3) is 0 Å². The highest BCUT2D eigenvalue weighted by Gasteiger charge is 2.12. The van der Waals surface area contributed by atoms with Crippen LogP contribution in [0.5, 0.6) is 5.75 Å². The van der Waals surface area contributed by atoms with E-state index in [1.54, 1.807) is 6.92 Å². The summed E-state index contributed by atoms with van der Waals surface area (Å²) >= 11 is 0. The van der Waals surface area contributed by atoms with Crippen molar-refractivity contribution in [2.75, 3.05) is 0 Å². The van der Waals surface area contributed by atoms with Crippen LogP contribution in [-0.2, 0) is 0 Å². The minimum Gasteiger partial charge on any atom is -0.491 e. The molecule has 2 nitrogen and oxygen atoms in total. The van der Waals surface area contributed by atoms with Gasteiger partial charge >= 0.3 is 0 Å². The van der Waals surface area contributed by atoms with Crippen molar-refractivity contribution in [3.8, 4) is 16.9 Å². The van der Waals surface area contributed by atoms with Crippen LogP contribution in [-0.4, -0.2) is 11.2 Å². The highest BCUT2D eigenvalue weighted by Crippen LogP contribution is 2.31. The SMILES string of the molecule is CC(C)Oc1ccc(-c2ccccc2)cc1[C@H](C)O. The Labute approximate surface area is 114 Å². The molecule has 19 heavy (non-hydrogen) atoms. The zero-order valence-corrected chi connectivity index (χ0v) is 11.6.